The molecule has 0 radical (unpaired) electrons. The van der Waals surface area contributed by atoms with Gasteiger partial charge >= 0.3 is 0 Å². The third-order valence-corrected chi connectivity index (χ3v) is 8.07. The molecule has 3 aromatic carbocycles. The molecule has 1 atom stereocenters. The Kier molecular flexibility index (Phi) is 5.37. The van der Waals surface area contributed by atoms with Crippen molar-refractivity contribution in [1.29, 1.82) is 0 Å². The third kappa shape index (κ3) is 3.59. The van der Waals surface area contributed by atoms with Crippen molar-refractivity contribution >= 4 is 27.7 Å². The van der Waals surface area contributed by atoms with E-state index in [1.54, 1.807) is 0 Å². The number of benzene rings is 3. The normalized spacial score (nSPS) is 19.1. The van der Waals surface area contributed by atoms with Crippen LogP contribution in [0.4, 0.5) is 0 Å². The minimum Gasteiger partial charge on any atom is -0.337 e. The van der Waals surface area contributed by atoms with Crippen molar-refractivity contribution in [3.05, 3.63) is 77.6 Å². The standard InChI is InChI=1S/C29H32N4O/c1-20-30-27-12-5-6-13-28(27)33(20)18-21-14-15-26(25-11-4-3-10-24(21)25)29(34)31(2)23-16-17-32(19-23)22-8-7-9-22/h3-6,10-15,22-23H,7-9,16-19H2,1-2H3/t23-/m1/s1. The molecule has 1 aliphatic carbocycles. The molecule has 0 bridgehead atoms. The molecule has 1 aliphatic heterocycles. The van der Waals surface area contributed by atoms with Crippen molar-refractivity contribution < 1.29 is 4.79 Å². The van der Waals surface area contributed by atoms with E-state index in [1.165, 1.54) is 24.8 Å². The maximum Gasteiger partial charge on any atom is 0.254 e. The molecule has 0 unspecified atom stereocenters. The summed E-state index contributed by atoms with van der Waals surface area (Å²) in [6, 6.07) is 21.8. The van der Waals surface area contributed by atoms with Crippen LogP contribution in [0.15, 0.2) is 60.7 Å². The van der Waals surface area contributed by atoms with Gasteiger partial charge in [0.05, 0.1) is 11.0 Å². The number of aromatic nitrogens is 2. The number of nitrogens with zero attached hydrogens (tertiary/aromatic N) is 4. The highest BCUT2D eigenvalue weighted by atomic mass is 16.2. The van der Waals surface area contributed by atoms with Gasteiger partial charge in [0.25, 0.3) is 5.91 Å². The molecule has 0 spiro atoms. The lowest BCUT2D eigenvalue weighted by Gasteiger charge is -2.35. The van der Waals surface area contributed by atoms with E-state index in [9.17, 15) is 4.79 Å². The van der Waals surface area contributed by atoms with Gasteiger partial charge in [-0.05, 0) is 60.7 Å². The van der Waals surface area contributed by atoms with Gasteiger partial charge in [-0.3, -0.25) is 9.69 Å². The topological polar surface area (TPSA) is 41.4 Å². The number of imidazole rings is 1. The fourth-order valence-electron chi connectivity index (χ4n) is 5.78. The van der Waals surface area contributed by atoms with Crippen LogP contribution in [0.2, 0.25) is 0 Å². The molecule has 1 amide bonds. The van der Waals surface area contributed by atoms with Crippen molar-refractivity contribution in [2.24, 2.45) is 0 Å². The first-order valence-electron chi connectivity index (χ1n) is 12.5. The highest BCUT2D eigenvalue weighted by Crippen LogP contribution is 2.31. The Morgan fingerprint density at radius 2 is 1.76 bits per heavy atom. The van der Waals surface area contributed by atoms with Gasteiger partial charge in [-0.2, -0.15) is 0 Å². The molecular formula is C29H32N4O. The fourth-order valence-corrected chi connectivity index (χ4v) is 5.78. The largest absolute Gasteiger partial charge is 0.337 e. The van der Waals surface area contributed by atoms with Crippen molar-refractivity contribution in [2.75, 3.05) is 20.1 Å². The number of fused-ring (bicyclic) bond motifs is 2. The lowest BCUT2D eigenvalue weighted by molar-refractivity contribution is 0.0722. The number of hydrogen-bond donors (Lipinski definition) is 0. The highest BCUT2D eigenvalue weighted by Gasteiger charge is 2.34. The average Bonchev–Trinajstić information content (AvgIpc) is 3.42. The first-order valence-corrected chi connectivity index (χ1v) is 12.5. The minimum absolute atomic E-state index is 0.132. The zero-order valence-electron chi connectivity index (χ0n) is 20.1. The van der Waals surface area contributed by atoms with E-state index in [4.69, 9.17) is 4.98 Å². The molecule has 2 fully saturated rings. The van der Waals surface area contributed by atoms with Crippen LogP contribution in [0, 0.1) is 6.92 Å². The van der Waals surface area contributed by atoms with Crippen LogP contribution in [-0.4, -0.2) is 57.5 Å². The molecule has 0 N–H and O–H groups in total. The number of likely N-dealkylation sites (N-methyl/N-ethyl adjacent to an activating group) is 1. The molecule has 2 aliphatic rings. The summed E-state index contributed by atoms with van der Waals surface area (Å²) in [5, 5.41) is 2.18. The van der Waals surface area contributed by atoms with Crippen molar-refractivity contribution in [3.8, 4) is 0 Å². The summed E-state index contributed by atoms with van der Waals surface area (Å²) in [7, 11) is 1.99. The van der Waals surface area contributed by atoms with E-state index < -0.39 is 0 Å². The molecule has 174 valence electrons. The van der Waals surface area contributed by atoms with Crippen molar-refractivity contribution in [3.63, 3.8) is 0 Å². The summed E-state index contributed by atoms with van der Waals surface area (Å²) in [5.74, 6) is 1.13. The summed E-state index contributed by atoms with van der Waals surface area (Å²) in [6.45, 7) is 4.92. The zero-order valence-corrected chi connectivity index (χ0v) is 20.1. The van der Waals surface area contributed by atoms with Gasteiger partial charge in [-0.1, -0.05) is 48.9 Å². The number of para-hydroxylation sites is 2. The first-order chi connectivity index (χ1) is 16.6. The van der Waals surface area contributed by atoms with E-state index >= 15 is 0 Å². The number of likely N-dealkylation sites (tertiary alicyclic amines) is 1. The van der Waals surface area contributed by atoms with Crippen LogP contribution < -0.4 is 0 Å². The molecule has 1 aromatic heterocycles. The Bertz CT molecular complexity index is 1370. The lowest BCUT2D eigenvalue weighted by Crippen LogP contribution is -2.43. The molecule has 5 heteroatoms. The van der Waals surface area contributed by atoms with Crippen molar-refractivity contribution in [1.82, 2.24) is 19.4 Å². The van der Waals surface area contributed by atoms with Crippen LogP contribution in [0.3, 0.4) is 0 Å². The van der Waals surface area contributed by atoms with Gasteiger partial charge in [-0.25, -0.2) is 4.98 Å². The molecular weight excluding hydrogens is 420 g/mol. The Morgan fingerprint density at radius 3 is 2.56 bits per heavy atom. The number of amides is 1. The van der Waals surface area contributed by atoms with Gasteiger partial charge < -0.3 is 9.47 Å². The quantitative estimate of drug-likeness (QED) is 0.416. The summed E-state index contributed by atoms with van der Waals surface area (Å²) < 4.78 is 2.26. The predicted molar refractivity (Wildman–Crippen MR) is 137 cm³/mol. The Balaban J connectivity index is 1.30. The van der Waals surface area contributed by atoms with Crippen molar-refractivity contribution in [2.45, 2.75) is 51.2 Å². The second-order valence-electron chi connectivity index (χ2n) is 9.99. The molecule has 6 rings (SSSR count). The summed E-state index contributed by atoms with van der Waals surface area (Å²) in [4.78, 5) is 23.0. The van der Waals surface area contributed by atoms with E-state index in [0.29, 0.717) is 6.04 Å². The summed E-state index contributed by atoms with van der Waals surface area (Å²) >= 11 is 0. The van der Waals surface area contributed by atoms with Gasteiger partial charge in [0, 0.05) is 44.3 Å². The molecule has 2 heterocycles. The monoisotopic (exact) mass is 452 g/mol. The van der Waals surface area contributed by atoms with Gasteiger partial charge in [0.15, 0.2) is 0 Å². The second kappa shape index (κ2) is 8.55. The van der Waals surface area contributed by atoms with E-state index in [1.807, 2.05) is 30.1 Å². The third-order valence-electron chi connectivity index (χ3n) is 8.07. The van der Waals surface area contributed by atoms with Gasteiger partial charge in [0.1, 0.15) is 5.82 Å². The molecule has 4 aromatic rings. The average molecular weight is 453 g/mol. The maximum absolute atomic E-state index is 13.7. The zero-order chi connectivity index (χ0) is 23.2. The fraction of sp³-hybridized carbons (Fsp3) is 0.379. The Labute approximate surface area is 201 Å². The Morgan fingerprint density at radius 1 is 1.00 bits per heavy atom. The SMILES string of the molecule is Cc1nc2ccccc2n1Cc1ccc(C(=O)N(C)[C@@H]2CCN(C3CCC3)C2)c2ccccc12. The number of carbonyl (C=O) groups excluding carboxylic acids is 1. The second-order valence-corrected chi connectivity index (χ2v) is 9.99. The van der Waals surface area contributed by atoms with Gasteiger partial charge in [-0.15, -0.1) is 0 Å². The maximum atomic E-state index is 13.7. The van der Waals surface area contributed by atoms with E-state index in [-0.39, 0.29) is 5.91 Å². The van der Waals surface area contributed by atoms with Crippen LogP contribution >= 0.6 is 0 Å². The lowest BCUT2D eigenvalue weighted by atomic mass is 9.92. The smallest absolute Gasteiger partial charge is 0.254 e. The Hall–Kier alpha value is -3.18. The minimum atomic E-state index is 0.132. The summed E-state index contributed by atoms with van der Waals surface area (Å²) in [6.07, 6.45) is 5.07. The van der Waals surface area contributed by atoms with Crippen LogP contribution in [0.25, 0.3) is 21.8 Å². The van der Waals surface area contributed by atoms with E-state index in [0.717, 1.165) is 65.3 Å². The highest BCUT2D eigenvalue weighted by molar-refractivity contribution is 6.08. The number of rotatable bonds is 5. The number of hydrogen-bond acceptors (Lipinski definition) is 3. The molecule has 34 heavy (non-hydrogen) atoms. The molecule has 5 nitrogen and oxygen atoms in total. The van der Waals surface area contributed by atoms with Gasteiger partial charge in [0.2, 0.25) is 0 Å². The van der Waals surface area contributed by atoms with Crippen LogP contribution in [0.1, 0.15) is 47.4 Å². The first kappa shape index (κ1) is 21.4. The summed E-state index contributed by atoms with van der Waals surface area (Å²) in [5.41, 5.74) is 4.17. The predicted octanol–water partition coefficient (Wildman–Crippen LogP) is 5.25. The number of carbonyl (C=O) groups is 1. The molecule has 1 saturated heterocycles. The molecule has 1 saturated carbocycles. The number of aryl methyl sites for hydroxylation is 1. The van der Waals surface area contributed by atoms with Crippen LogP contribution in [0.5, 0.6) is 0 Å². The van der Waals surface area contributed by atoms with E-state index in [2.05, 4.69) is 58.9 Å². The van der Waals surface area contributed by atoms with Crippen LogP contribution in [-0.2, 0) is 6.54 Å².